The summed E-state index contributed by atoms with van der Waals surface area (Å²) in [5, 5.41) is 0. The van der Waals surface area contributed by atoms with E-state index in [9.17, 15) is 0 Å². The molecule has 0 amide bonds. The highest BCUT2D eigenvalue weighted by Gasteiger charge is 2.19. The monoisotopic (exact) mass is 286 g/mol. The van der Waals surface area contributed by atoms with Crippen LogP contribution in [-0.2, 0) is 12.8 Å². The van der Waals surface area contributed by atoms with Crippen LogP contribution in [0.25, 0.3) is 0 Å². The molecule has 21 heavy (non-hydrogen) atoms. The van der Waals surface area contributed by atoms with E-state index in [4.69, 9.17) is 18.9 Å². The number of hydrogen-bond donors (Lipinski definition) is 0. The van der Waals surface area contributed by atoms with Crippen LogP contribution in [0, 0.1) is 0 Å². The molecule has 4 heteroatoms. The van der Waals surface area contributed by atoms with Gasteiger partial charge < -0.3 is 18.9 Å². The van der Waals surface area contributed by atoms with Crippen LogP contribution in [0.5, 0.6) is 23.0 Å². The van der Waals surface area contributed by atoms with Crippen LogP contribution in [0.3, 0.4) is 0 Å². The van der Waals surface area contributed by atoms with Crippen molar-refractivity contribution in [3.63, 3.8) is 0 Å². The number of aryl methyl sites for hydroxylation is 2. The summed E-state index contributed by atoms with van der Waals surface area (Å²) in [7, 11) is 3.32. The van der Waals surface area contributed by atoms with Crippen LogP contribution >= 0.6 is 0 Å². The molecule has 0 unspecified atom stereocenters. The summed E-state index contributed by atoms with van der Waals surface area (Å²) in [6.45, 7) is 0.255. The van der Waals surface area contributed by atoms with Gasteiger partial charge in [-0.15, -0.1) is 0 Å². The lowest BCUT2D eigenvalue weighted by molar-refractivity contribution is 0.171. The van der Waals surface area contributed by atoms with Gasteiger partial charge >= 0.3 is 0 Å². The number of rotatable bonds is 5. The molecule has 2 aromatic carbocycles. The largest absolute Gasteiger partial charge is 0.497 e. The van der Waals surface area contributed by atoms with Crippen molar-refractivity contribution >= 4 is 0 Å². The van der Waals surface area contributed by atoms with E-state index in [1.807, 2.05) is 24.3 Å². The molecule has 1 heterocycles. The van der Waals surface area contributed by atoms with Gasteiger partial charge in [-0.1, -0.05) is 12.1 Å². The summed E-state index contributed by atoms with van der Waals surface area (Å²) in [6, 6.07) is 12.1. The Bertz CT molecular complexity index is 637. The number of fused-ring (bicyclic) bond motifs is 1. The van der Waals surface area contributed by atoms with Gasteiger partial charge in [-0.2, -0.15) is 0 Å². The Morgan fingerprint density at radius 2 is 1.81 bits per heavy atom. The van der Waals surface area contributed by atoms with E-state index < -0.39 is 0 Å². The molecule has 110 valence electrons. The Labute approximate surface area is 124 Å². The predicted molar refractivity (Wildman–Crippen MR) is 79.5 cm³/mol. The maximum Gasteiger partial charge on any atom is 0.231 e. The quantitative estimate of drug-likeness (QED) is 0.845. The van der Waals surface area contributed by atoms with Gasteiger partial charge in [0, 0.05) is 0 Å². The topological polar surface area (TPSA) is 36.9 Å². The van der Waals surface area contributed by atoms with Crippen LogP contribution in [0.2, 0.25) is 0 Å². The highest BCUT2D eigenvalue weighted by molar-refractivity contribution is 5.55. The van der Waals surface area contributed by atoms with Crippen LogP contribution < -0.4 is 18.9 Å². The Morgan fingerprint density at radius 3 is 2.62 bits per heavy atom. The van der Waals surface area contributed by atoms with Gasteiger partial charge in [0.2, 0.25) is 12.5 Å². The zero-order chi connectivity index (χ0) is 14.7. The first kappa shape index (κ1) is 13.6. The van der Waals surface area contributed by atoms with Gasteiger partial charge in [-0.25, -0.2) is 0 Å². The van der Waals surface area contributed by atoms with Crippen LogP contribution in [-0.4, -0.2) is 21.0 Å². The van der Waals surface area contributed by atoms with Gasteiger partial charge in [0.25, 0.3) is 0 Å². The average molecular weight is 286 g/mol. The lowest BCUT2D eigenvalue weighted by Crippen LogP contribution is -1.94. The van der Waals surface area contributed by atoms with E-state index in [0.29, 0.717) is 5.75 Å². The summed E-state index contributed by atoms with van der Waals surface area (Å²) in [5.41, 5.74) is 2.41. The molecule has 0 saturated heterocycles. The molecular formula is C17H18O4. The third kappa shape index (κ3) is 2.89. The summed E-state index contributed by atoms with van der Waals surface area (Å²) in [4.78, 5) is 0. The molecule has 0 radical (unpaired) electrons. The summed E-state index contributed by atoms with van der Waals surface area (Å²) in [6.07, 6.45) is 1.83. The van der Waals surface area contributed by atoms with Crippen molar-refractivity contribution < 1.29 is 18.9 Å². The van der Waals surface area contributed by atoms with Crippen LogP contribution in [0.1, 0.15) is 11.1 Å². The normalized spacial score (nSPS) is 12.3. The van der Waals surface area contributed by atoms with Crippen molar-refractivity contribution in [3.05, 3.63) is 47.5 Å². The molecule has 1 aliphatic heterocycles. The highest BCUT2D eigenvalue weighted by atomic mass is 16.7. The standard InChI is InChI=1S/C17H18O4/c1-18-14-5-3-4-12(8-14)6-7-13-9-15(19-2)17-16(10-13)20-11-21-17/h3-5,8-10H,6-7,11H2,1-2H3. The van der Waals surface area contributed by atoms with E-state index in [2.05, 4.69) is 12.1 Å². The molecular weight excluding hydrogens is 268 g/mol. The fourth-order valence-corrected chi connectivity index (χ4v) is 2.44. The fraction of sp³-hybridized carbons (Fsp3) is 0.294. The second kappa shape index (κ2) is 5.95. The Balaban J connectivity index is 1.76. The van der Waals surface area contributed by atoms with Crippen molar-refractivity contribution in [2.24, 2.45) is 0 Å². The first-order valence-corrected chi connectivity index (χ1v) is 6.89. The van der Waals surface area contributed by atoms with Crippen molar-refractivity contribution in [2.45, 2.75) is 12.8 Å². The predicted octanol–water partition coefficient (Wildman–Crippen LogP) is 3.22. The first-order chi connectivity index (χ1) is 10.3. The SMILES string of the molecule is COc1cccc(CCc2cc(OC)c3c(c2)OCO3)c1. The van der Waals surface area contributed by atoms with Gasteiger partial charge in [-0.05, 0) is 48.2 Å². The van der Waals surface area contributed by atoms with Gasteiger partial charge in [-0.3, -0.25) is 0 Å². The molecule has 2 aromatic rings. The van der Waals surface area contributed by atoms with E-state index in [-0.39, 0.29) is 6.79 Å². The summed E-state index contributed by atoms with van der Waals surface area (Å²) >= 11 is 0. The van der Waals surface area contributed by atoms with E-state index in [0.717, 1.165) is 30.1 Å². The van der Waals surface area contributed by atoms with Crippen molar-refractivity contribution in [3.8, 4) is 23.0 Å². The third-order valence-electron chi connectivity index (χ3n) is 3.55. The molecule has 0 aromatic heterocycles. The maximum absolute atomic E-state index is 5.45. The minimum Gasteiger partial charge on any atom is -0.497 e. The minimum absolute atomic E-state index is 0.255. The van der Waals surface area contributed by atoms with Gasteiger partial charge in [0.1, 0.15) is 5.75 Å². The third-order valence-corrected chi connectivity index (χ3v) is 3.55. The number of benzene rings is 2. The molecule has 4 nitrogen and oxygen atoms in total. The highest BCUT2D eigenvalue weighted by Crippen LogP contribution is 2.42. The Hall–Kier alpha value is -2.36. The second-order valence-corrected chi connectivity index (χ2v) is 4.88. The van der Waals surface area contributed by atoms with E-state index in [1.165, 1.54) is 11.1 Å². The van der Waals surface area contributed by atoms with E-state index in [1.54, 1.807) is 14.2 Å². The Kier molecular flexibility index (Phi) is 3.86. The summed E-state index contributed by atoms with van der Waals surface area (Å²) in [5.74, 6) is 3.07. The number of ether oxygens (including phenoxy) is 4. The smallest absolute Gasteiger partial charge is 0.231 e. The molecule has 0 saturated carbocycles. The van der Waals surface area contributed by atoms with Crippen molar-refractivity contribution in [1.29, 1.82) is 0 Å². The first-order valence-electron chi connectivity index (χ1n) is 6.89. The van der Waals surface area contributed by atoms with Crippen LogP contribution in [0.15, 0.2) is 36.4 Å². The molecule has 1 aliphatic rings. The van der Waals surface area contributed by atoms with Crippen LogP contribution in [0.4, 0.5) is 0 Å². The minimum atomic E-state index is 0.255. The lowest BCUT2D eigenvalue weighted by atomic mass is 10.0. The molecule has 0 N–H and O–H groups in total. The summed E-state index contributed by atoms with van der Waals surface area (Å²) < 4.78 is 21.5. The molecule has 0 aliphatic carbocycles. The number of methoxy groups -OCH3 is 2. The van der Waals surface area contributed by atoms with Gasteiger partial charge in [0.15, 0.2) is 11.5 Å². The molecule has 0 spiro atoms. The zero-order valence-corrected chi connectivity index (χ0v) is 12.2. The zero-order valence-electron chi connectivity index (χ0n) is 12.2. The Morgan fingerprint density at radius 1 is 0.952 bits per heavy atom. The van der Waals surface area contributed by atoms with Gasteiger partial charge in [0.05, 0.1) is 14.2 Å². The maximum atomic E-state index is 5.45. The lowest BCUT2D eigenvalue weighted by Gasteiger charge is -2.09. The second-order valence-electron chi connectivity index (χ2n) is 4.88. The molecule has 3 rings (SSSR count). The fourth-order valence-electron chi connectivity index (χ4n) is 2.44. The average Bonchev–Trinajstić information content (AvgIpc) is 3.00. The molecule has 0 atom stereocenters. The number of hydrogen-bond acceptors (Lipinski definition) is 4. The molecule has 0 bridgehead atoms. The van der Waals surface area contributed by atoms with Crippen molar-refractivity contribution in [2.75, 3.05) is 21.0 Å². The van der Waals surface area contributed by atoms with Crippen molar-refractivity contribution in [1.82, 2.24) is 0 Å². The van der Waals surface area contributed by atoms with E-state index >= 15 is 0 Å². The molecule has 0 fully saturated rings.